The molecule has 0 saturated carbocycles. The van der Waals surface area contributed by atoms with Crippen LogP contribution in [0.1, 0.15) is 18.5 Å². The summed E-state index contributed by atoms with van der Waals surface area (Å²) in [6, 6.07) is 7.21. The maximum absolute atomic E-state index is 11.0. The Labute approximate surface area is 96.9 Å². The highest BCUT2D eigenvalue weighted by Crippen LogP contribution is 2.24. The standard InChI is InChI=1S/C11H9ClN2O2/c1-6(10(15)16)9-7-4-2-3-5-8(7)13-11(12)14-9/h2-6H,1H3,(H,15,16). The van der Waals surface area contributed by atoms with Crippen LogP contribution in [0.25, 0.3) is 10.9 Å². The number of benzene rings is 1. The van der Waals surface area contributed by atoms with Crippen LogP contribution in [0.5, 0.6) is 0 Å². The Morgan fingerprint density at radius 2 is 2.06 bits per heavy atom. The van der Waals surface area contributed by atoms with Crippen molar-refractivity contribution in [3.8, 4) is 0 Å². The van der Waals surface area contributed by atoms with Gasteiger partial charge in [-0.15, -0.1) is 0 Å². The Hall–Kier alpha value is -1.68. The molecule has 82 valence electrons. The first-order valence-electron chi connectivity index (χ1n) is 4.74. The van der Waals surface area contributed by atoms with Crippen molar-refractivity contribution in [1.82, 2.24) is 9.97 Å². The van der Waals surface area contributed by atoms with Gasteiger partial charge in [0.2, 0.25) is 5.28 Å². The van der Waals surface area contributed by atoms with E-state index in [-0.39, 0.29) is 5.28 Å². The molecule has 16 heavy (non-hydrogen) atoms. The van der Waals surface area contributed by atoms with Crippen LogP contribution in [0.3, 0.4) is 0 Å². The highest BCUT2D eigenvalue weighted by molar-refractivity contribution is 6.28. The molecule has 0 radical (unpaired) electrons. The molecule has 5 heteroatoms. The summed E-state index contributed by atoms with van der Waals surface area (Å²) in [5, 5.41) is 9.78. The molecule has 1 atom stereocenters. The third-order valence-electron chi connectivity index (χ3n) is 2.39. The Balaban J connectivity index is 2.72. The Morgan fingerprint density at radius 3 is 2.75 bits per heavy atom. The van der Waals surface area contributed by atoms with Crippen LogP contribution in [-0.4, -0.2) is 21.0 Å². The monoisotopic (exact) mass is 236 g/mol. The summed E-state index contributed by atoms with van der Waals surface area (Å²) in [5.41, 5.74) is 1.11. The van der Waals surface area contributed by atoms with Gasteiger partial charge in [0.25, 0.3) is 0 Å². The van der Waals surface area contributed by atoms with Gasteiger partial charge in [-0.05, 0) is 24.6 Å². The topological polar surface area (TPSA) is 63.1 Å². The Kier molecular flexibility index (Phi) is 2.75. The van der Waals surface area contributed by atoms with Gasteiger partial charge in [0, 0.05) is 5.39 Å². The van der Waals surface area contributed by atoms with E-state index in [9.17, 15) is 4.79 Å². The maximum Gasteiger partial charge on any atom is 0.312 e. The van der Waals surface area contributed by atoms with Gasteiger partial charge < -0.3 is 5.11 Å². The lowest BCUT2D eigenvalue weighted by atomic mass is 10.0. The van der Waals surface area contributed by atoms with Gasteiger partial charge in [0.15, 0.2) is 0 Å². The first kappa shape index (κ1) is 10.8. The van der Waals surface area contributed by atoms with Crippen molar-refractivity contribution in [2.45, 2.75) is 12.8 Å². The van der Waals surface area contributed by atoms with Crippen molar-refractivity contribution >= 4 is 28.5 Å². The SMILES string of the molecule is CC(C(=O)O)c1nc(Cl)nc2ccccc12. The first-order valence-corrected chi connectivity index (χ1v) is 5.12. The highest BCUT2D eigenvalue weighted by Gasteiger charge is 2.19. The number of carboxylic acids is 1. The summed E-state index contributed by atoms with van der Waals surface area (Å²) in [7, 11) is 0. The first-order chi connectivity index (χ1) is 7.59. The van der Waals surface area contributed by atoms with E-state index in [0.29, 0.717) is 11.2 Å². The quantitative estimate of drug-likeness (QED) is 0.814. The minimum absolute atomic E-state index is 0.0711. The van der Waals surface area contributed by atoms with Gasteiger partial charge in [0.1, 0.15) is 0 Å². The number of halogens is 1. The number of aliphatic carboxylic acids is 1. The zero-order chi connectivity index (χ0) is 11.7. The summed E-state index contributed by atoms with van der Waals surface area (Å²) >= 11 is 5.76. The van der Waals surface area contributed by atoms with Crippen LogP contribution >= 0.6 is 11.6 Å². The molecule has 0 saturated heterocycles. The predicted molar refractivity (Wildman–Crippen MR) is 60.6 cm³/mol. The Bertz CT molecular complexity index is 557. The lowest BCUT2D eigenvalue weighted by molar-refractivity contribution is -0.138. The van der Waals surface area contributed by atoms with Crippen LogP contribution in [0.2, 0.25) is 5.28 Å². The van der Waals surface area contributed by atoms with E-state index in [2.05, 4.69) is 9.97 Å². The van der Waals surface area contributed by atoms with Crippen molar-refractivity contribution in [3.63, 3.8) is 0 Å². The molecule has 0 bridgehead atoms. The average molecular weight is 237 g/mol. The van der Waals surface area contributed by atoms with E-state index in [4.69, 9.17) is 16.7 Å². The van der Waals surface area contributed by atoms with E-state index in [1.807, 2.05) is 12.1 Å². The van der Waals surface area contributed by atoms with E-state index < -0.39 is 11.9 Å². The molecule has 4 nitrogen and oxygen atoms in total. The third-order valence-corrected chi connectivity index (χ3v) is 2.56. The van der Waals surface area contributed by atoms with Crippen LogP contribution in [0, 0.1) is 0 Å². The van der Waals surface area contributed by atoms with Crippen LogP contribution in [0.4, 0.5) is 0 Å². The second-order valence-electron chi connectivity index (χ2n) is 3.45. The summed E-state index contributed by atoms with van der Waals surface area (Å²) in [5.74, 6) is -1.63. The molecular weight excluding hydrogens is 228 g/mol. The average Bonchev–Trinajstić information content (AvgIpc) is 2.26. The molecule has 0 aliphatic rings. The smallest absolute Gasteiger partial charge is 0.312 e. The van der Waals surface area contributed by atoms with E-state index in [1.54, 1.807) is 19.1 Å². The van der Waals surface area contributed by atoms with Crippen molar-refractivity contribution in [3.05, 3.63) is 35.2 Å². The van der Waals surface area contributed by atoms with Gasteiger partial charge in [-0.25, -0.2) is 9.97 Å². The molecule has 2 rings (SSSR count). The maximum atomic E-state index is 11.0. The molecule has 2 aromatic rings. The molecule has 1 aromatic heterocycles. The van der Waals surface area contributed by atoms with Gasteiger partial charge in [-0.3, -0.25) is 4.79 Å². The normalized spacial score (nSPS) is 12.6. The number of fused-ring (bicyclic) bond motifs is 1. The molecule has 1 aromatic carbocycles. The number of hydrogen-bond acceptors (Lipinski definition) is 3. The largest absolute Gasteiger partial charge is 0.481 e. The van der Waals surface area contributed by atoms with E-state index in [1.165, 1.54) is 0 Å². The highest BCUT2D eigenvalue weighted by atomic mass is 35.5. The van der Waals surface area contributed by atoms with E-state index >= 15 is 0 Å². The molecule has 0 fully saturated rings. The molecule has 1 heterocycles. The molecule has 0 spiro atoms. The molecule has 1 unspecified atom stereocenters. The fourth-order valence-corrected chi connectivity index (χ4v) is 1.70. The van der Waals surface area contributed by atoms with Crippen molar-refractivity contribution in [1.29, 1.82) is 0 Å². The number of rotatable bonds is 2. The molecule has 0 amide bonds. The fraction of sp³-hybridized carbons (Fsp3) is 0.182. The van der Waals surface area contributed by atoms with Gasteiger partial charge in [0.05, 0.1) is 17.1 Å². The number of carbonyl (C=O) groups is 1. The van der Waals surface area contributed by atoms with Gasteiger partial charge >= 0.3 is 5.97 Å². The van der Waals surface area contributed by atoms with E-state index in [0.717, 1.165) is 5.39 Å². The van der Waals surface area contributed by atoms with Crippen molar-refractivity contribution in [2.75, 3.05) is 0 Å². The predicted octanol–water partition coefficient (Wildman–Crippen LogP) is 2.47. The summed E-state index contributed by atoms with van der Waals surface area (Å²) in [6.45, 7) is 1.58. The zero-order valence-corrected chi connectivity index (χ0v) is 9.27. The number of hydrogen-bond donors (Lipinski definition) is 1. The van der Waals surface area contributed by atoms with Gasteiger partial charge in [-0.1, -0.05) is 18.2 Å². The number of para-hydroxylation sites is 1. The van der Waals surface area contributed by atoms with Crippen LogP contribution < -0.4 is 0 Å². The Morgan fingerprint density at radius 1 is 1.38 bits per heavy atom. The zero-order valence-electron chi connectivity index (χ0n) is 8.51. The minimum atomic E-state index is -0.931. The summed E-state index contributed by atoms with van der Waals surface area (Å²) < 4.78 is 0. The lowest BCUT2D eigenvalue weighted by Gasteiger charge is -2.09. The molecule has 0 aliphatic carbocycles. The van der Waals surface area contributed by atoms with Crippen molar-refractivity contribution in [2.24, 2.45) is 0 Å². The molecule has 0 aliphatic heterocycles. The lowest BCUT2D eigenvalue weighted by Crippen LogP contribution is -2.10. The van der Waals surface area contributed by atoms with Crippen LogP contribution in [0.15, 0.2) is 24.3 Å². The minimum Gasteiger partial charge on any atom is -0.481 e. The second kappa shape index (κ2) is 4.06. The fourth-order valence-electron chi connectivity index (χ4n) is 1.52. The number of carboxylic acid groups (broad SMARTS) is 1. The molecular formula is C11H9ClN2O2. The summed E-state index contributed by atoms with van der Waals surface area (Å²) in [6.07, 6.45) is 0. The number of nitrogens with zero attached hydrogens (tertiary/aromatic N) is 2. The summed E-state index contributed by atoms with van der Waals surface area (Å²) in [4.78, 5) is 19.0. The molecule has 1 N–H and O–H groups in total. The second-order valence-corrected chi connectivity index (χ2v) is 3.79. The van der Waals surface area contributed by atoms with Crippen LogP contribution in [-0.2, 0) is 4.79 Å². The van der Waals surface area contributed by atoms with Crippen molar-refractivity contribution < 1.29 is 9.90 Å². The third kappa shape index (κ3) is 1.84. The van der Waals surface area contributed by atoms with Gasteiger partial charge in [-0.2, -0.15) is 0 Å². The number of aromatic nitrogens is 2.